The smallest absolute Gasteiger partial charge is 0.317 e. The van der Waals surface area contributed by atoms with Gasteiger partial charge < -0.3 is 10.4 Å². The average Bonchev–Trinajstić information content (AvgIpc) is 3.09. The van der Waals surface area contributed by atoms with Crippen LogP contribution in [-0.4, -0.2) is 56.8 Å². The van der Waals surface area contributed by atoms with Crippen molar-refractivity contribution < 1.29 is 14.7 Å². The first-order chi connectivity index (χ1) is 12.5. The van der Waals surface area contributed by atoms with Gasteiger partial charge in [0.15, 0.2) is 0 Å². The molecule has 0 atom stereocenters. The fourth-order valence-corrected chi connectivity index (χ4v) is 3.41. The van der Waals surface area contributed by atoms with Crippen LogP contribution in [0, 0.1) is 6.92 Å². The third kappa shape index (κ3) is 3.94. The van der Waals surface area contributed by atoms with E-state index in [1.54, 1.807) is 16.9 Å². The lowest BCUT2D eigenvalue weighted by Crippen LogP contribution is -2.54. The Bertz CT molecular complexity index is 782. The maximum atomic E-state index is 12.5. The Balaban J connectivity index is 1.56. The van der Waals surface area contributed by atoms with Gasteiger partial charge in [0, 0.05) is 30.0 Å². The van der Waals surface area contributed by atoms with Crippen molar-refractivity contribution in [1.82, 2.24) is 20.0 Å². The van der Waals surface area contributed by atoms with E-state index in [0.29, 0.717) is 12.1 Å². The Hall–Kier alpha value is -2.67. The Morgan fingerprint density at radius 3 is 2.73 bits per heavy atom. The van der Waals surface area contributed by atoms with Crippen LogP contribution in [0.3, 0.4) is 0 Å². The molecule has 2 aromatic rings. The van der Waals surface area contributed by atoms with Gasteiger partial charge in [-0.15, -0.1) is 0 Å². The minimum Gasteiger partial charge on any atom is -0.480 e. The molecule has 1 fully saturated rings. The lowest BCUT2D eigenvalue weighted by Gasteiger charge is -2.42. The molecule has 7 nitrogen and oxygen atoms in total. The van der Waals surface area contributed by atoms with Gasteiger partial charge in [-0.25, -0.2) is 4.68 Å². The second-order valence-corrected chi connectivity index (χ2v) is 6.70. The summed E-state index contributed by atoms with van der Waals surface area (Å²) in [4.78, 5) is 25.3. The van der Waals surface area contributed by atoms with Crippen molar-refractivity contribution >= 4 is 11.9 Å². The molecule has 1 aromatic carbocycles. The van der Waals surface area contributed by atoms with Gasteiger partial charge in [-0.1, -0.05) is 6.92 Å². The quantitative estimate of drug-likeness (QED) is 0.790. The van der Waals surface area contributed by atoms with Gasteiger partial charge in [-0.05, 0) is 56.1 Å². The summed E-state index contributed by atoms with van der Waals surface area (Å²) < 4.78 is 1.77. The zero-order valence-electron chi connectivity index (χ0n) is 15.1. The Kier molecular flexibility index (Phi) is 5.37. The van der Waals surface area contributed by atoms with Crippen LogP contribution in [0.1, 0.15) is 35.7 Å². The summed E-state index contributed by atoms with van der Waals surface area (Å²) in [5, 5.41) is 16.2. The average molecular weight is 356 g/mol. The maximum absolute atomic E-state index is 12.5. The van der Waals surface area contributed by atoms with Crippen molar-refractivity contribution in [2.24, 2.45) is 0 Å². The van der Waals surface area contributed by atoms with Gasteiger partial charge >= 0.3 is 5.97 Å². The van der Waals surface area contributed by atoms with E-state index in [1.165, 1.54) is 0 Å². The molecule has 7 heteroatoms. The van der Waals surface area contributed by atoms with Crippen molar-refractivity contribution in [2.45, 2.75) is 38.8 Å². The van der Waals surface area contributed by atoms with E-state index in [-0.39, 0.29) is 24.5 Å². The van der Waals surface area contributed by atoms with Gasteiger partial charge in [0.25, 0.3) is 5.91 Å². The molecular formula is C19H24N4O3. The number of hydrogen-bond donors (Lipinski definition) is 2. The molecule has 2 N–H and O–H groups in total. The number of carbonyl (C=O) groups excluding carboxylic acids is 1. The molecule has 1 aliphatic rings. The summed E-state index contributed by atoms with van der Waals surface area (Å²) in [7, 11) is 0. The van der Waals surface area contributed by atoms with Gasteiger partial charge in [-0.3, -0.25) is 14.5 Å². The van der Waals surface area contributed by atoms with E-state index in [0.717, 1.165) is 24.1 Å². The van der Waals surface area contributed by atoms with Gasteiger partial charge in [0.1, 0.15) is 0 Å². The van der Waals surface area contributed by atoms with E-state index < -0.39 is 5.97 Å². The van der Waals surface area contributed by atoms with Crippen LogP contribution in [0.25, 0.3) is 5.69 Å². The summed E-state index contributed by atoms with van der Waals surface area (Å²) in [6.07, 6.45) is 5.17. The highest BCUT2D eigenvalue weighted by atomic mass is 16.4. The molecule has 0 spiro atoms. The number of nitrogens with zero attached hydrogens (tertiary/aromatic N) is 3. The summed E-state index contributed by atoms with van der Waals surface area (Å²) in [6, 6.07) is 7.75. The molecule has 1 aliphatic carbocycles. The second-order valence-electron chi connectivity index (χ2n) is 6.70. The van der Waals surface area contributed by atoms with Crippen molar-refractivity contribution in [1.29, 1.82) is 0 Å². The second kappa shape index (κ2) is 7.70. The molecule has 0 bridgehead atoms. The van der Waals surface area contributed by atoms with Gasteiger partial charge in [0.05, 0.1) is 12.2 Å². The molecule has 1 aromatic heterocycles. The normalized spacial score (nSPS) is 19.2. The third-order valence-corrected chi connectivity index (χ3v) is 4.92. The zero-order chi connectivity index (χ0) is 18.7. The monoisotopic (exact) mass is 356 g/mol. The largest absolute Gasteiger partial charge is 0.480 e. The topological polar surface area (TPSA) is 87.5 Å². The first kappa shape index (κ1) is 18.1. The number of amides is 1. The van der Waals surface area contributed by atoms with Crippen molar-refractivity contribution in [3.63, 3.8) is 0 Å². The number of carboxylic acid groups (broad SMARTS) is 1. The van der Waals surface area contributed by atoms with Crippen molar-refractivity contribution in [3.05, 3.63) is 47.8 Å². The van der Waals surface area contributed by atoms with E-state index in [9.17, 15) is 9.59 Å². The molecule has 1 heterocycles. The minimum absolute atomic E-state index is 0.0515. The third-order valence-electron chi connectivity index (χ3n) is 4.92. The van der Waals surface area contributed by atoms with Crippen LogP contribution >= 0.6 is 0 Å². The van der Waals surface area contributed by atoms with E-state index >= 15 is 0 Å². The fraction of sp³-hybridized carbons (Fsp3) is 0.421. The van der Waals surface area contributed by atoms with Crippen LogP contribution < -0.4 is 5.32 Å². The van der Waals surface area contributed by atoms with Gasteiger partial charge in [0.2, 0.25) is 0 Å². The number of aryl methyl sites for hydroxylation is 1. The molecule has 3 rings (SSSR count). The van der Waals surface area contributed by atoms with E-state index in [1.807, 2.05) is 43.1 Å². The molecule has 0 saturated heterocycles. The number of hydrogen-bond acceptors (Lipinski definition) is 4. The van der Waals surface area contributed by atoms with E-state index in [4.69, 9.17) is 5.11 Å². The Labute approximate surface area is 152 Å². The summed E-state index contributed by atoms with van der Waals surface area (Å²) in [5.74, 6) is -0.906. The van der Waals surface area contributed by atoms with Crippen LogP contribution in [0.4, 0.5) is 0 Å². The Morgan fingerprint density at radius 1 is 1.38 bits per heavy atom. The number of nitrogens with one attached hydrogen (secondary N) is 1. The first-order valence-corrected chi connectivity index (χ1v) is 8.85. The standard InChI is InChI=1S/C19H24N4O3/c1-3-22(12-18(24)25)16-10-15(11-16)21-19(26)14-5-6-17(13(2)9-14)23-8-4-7-20-23/h4-9,15-16H,3,10-12H2,1-2H3,(H,21,26)(H,24,25). The maximum Gasteiger partial charge on any atom is 0.317 e. The highest BCUT2D eigenvalue weighted by Gasteiger charge is 2.34. The Morgan fingerprint density at radius 2 is 2.15 bits per heavy atom. The van der Waals surface area contributed by atoms with Crippen molar-refractivity contribution in [2.75, 3.05) is 13.1 Å². The van der Waals surface area contributed by atoms with Crippen LogP contribution in [0.2, 0.25) is 0 Å². The summed E-state index contributed by atoms with van der Waals surface area (Å²) >= 11 is 0. The first-order valence-electron chi connectivity index (χ1n) is 8.85. The molecule has 0 unspecified atom stereocenters. The minimum atomic E-state index is -0.813. The van der Waals surface area contributed by atoms with Gasteiger partial charge in [-0.2, -0.15) is 5.10 Å². The van der Waals surface area contributed by atoms with Crippen molar-refractivity contribution in [3.8, 4) is 5.69 Å². The molecule has 1 amide bonds. The number of carbonyl (C=O) groups is 2. The predicted octanol–water partition coefficient (Wildman–Crippen LogP) is 1.85. The lowest BCUT2D eigenvalue weighted by atomic mass is 9.85. The van der Waals surface area contributed by atoms with Crippen LogP contribution in [0.15, 0.2) is 36.7 Å². The predicted molar refractivity (Wildman–Crippen MR) is 97.5 cm³/mol. The number of benzene rings is 1. The number of aromatic nitrogens is 2. The molecule has 0 aliphatic heterocycles. The van der Waals surface area contributed by atoms with Crippen LogP contribution in [0.5, 0.6) is 0 Å². The SMILES string of the molecule is CCN(CC(=O)O)C1CC(NC(=O)c2ccc(-n3cccn3)c(C)c2)C1. The molecule has 1 saturated carbocycles. The summed E-state index contributed by atoms with van der Waals surface area (Å²) in [6.45, 7) is 4.67. The fourth-order valence-electron chi connectivity index (χ4n) is 3.41. The number of carboxylic acids is 1. The molecule has 0 radical (unpaired) electrons. The van der Waals surface area contributed by atoms with Crippen LogP contribution in [-0.2, 0) is 4.79 Å². The number of aliphatic carboxylic acids is 1. The highest BCUT2D eigenvalue weighted by Crippen LogP contribution is 2.26. The number of likely N-dealkylation sites (N-methyl/N-ethyl adjacent to an activating group) is 1. The summed E-state index contributed by atoms with van der Waals surface area (Å²) in [5.41, 5.74) is 2.55. The lowest BCUT2D eigenvalue weighted by molar-refractivity contribution is -0.139. The molecule has 26 heavy (non-hydrogen) atoms. The molecular weight excluding hydrogens is 332 g/mol. The number of rotatable bonds is 7. The highest BCUT2D eigenvalue weighted by molar-refractivity contribution is 5.95. The van der Waals surface area contributed by atoms with E-state index in [2.05, 4.69) is 10.4 Å². The molecule has 138 valence electrons. The zero-order valence-corrected chi connectivity index (χ0v) is 15.1.